The van der Waals surface area contributed by atoms with Crippen molar-refractivity contribution in [2.45, 2.75) is 18.1 Å². The Kier molecular flexibility index (Phi) is 5.28. The van der Waals surface area contributed by atoms with Crippen LogP contribution in [0, 0.1) is 0 Å². The molecule has 2 N–H and O–H groups in total. The Hall–Kier alpha value is -1.76. The molecule has 0 saturated carbocycles. The normalized spacial score (nSPS) is 15.0. The Bertz CT molecular complexity index is 755. The van der Waals surface area contributed by atoms with Gasteiger partial charge in [-0.1, -0.05) is 54.6 Å². The molecular weight excluding hydrogens is 320 g/mol. The van der Waals surface area contributed by atoms with Crippen molar-refractivity contribution in [2.24, 2.45) is 0 Å². The van der Waals surface area contributed by atoms with E-state index in [1.807, 2.05) is 54.6 Å². The zero-order chi connectivity index (χ0) is 16.2. The molecule has 2 rings (SSSR count). The third-order valence-corrected chi connectivity index (χ3v) is 5.27. The minimum atomic E-state index is -3.78. The highest BCUT2D eigenvalue weighted by molar-refractivity contribution is 8.30. The van der Waals surface area contributed by atoms with E-state index in [9.17, 15) is 13.6 Å². The van der Waals surface area contributed by atoms with Crippen LogP contribution in [0.25, 0.3) is 11.1 Å². The van der Waals surface area contributed by atoms with E-state index in [1.165, 1.54) is 0 Å². The van der Waals surface area contributed by atoms with Gasteiger partial charge in [0.25, 0.3) is 0 Å². The van der Waals surface area contributed by atoms with Crippen molar-refractivity contribution in [3.63, 3.8) is 0 Å². The molecule has 4 nitrogen and oxygen atoms in total. The molecule has 0 radical (unpaired) electrons. The van der Waals surface area contributed by atoms with Crippen LogP contribution in [0.2, 0.25) is 0 Å². The van der Waals surface area contributed by atoms with Crippen LogP contribution >= 0.6 is 0 Å². The number of benzene rings is 2. The van der Waals surface area contributed by atoms with E-state index >= 15 is 0 Å². The number of carboxylic acids is 1. The number of aliphatic carboxylic acids is 1. The summed E-state index contributed by atoms with van der Waals surface area (Å²) in [6.07, 6.45) is 0.397. The smallest absolute Gasteiger partial charge is 0.321 e. The monoisotopic (exact) mass is 336 g/mol. The second-order valence-electron chi connectivity index (χ2n) is 4.90. The summed E-state index contributed by atoms with van der Waals surface area (Å²) in [4.78, 5) is 11.1. The molecule has 0 aliphatic rings. The average Bonchev–Trinajstić information content (AvgIpc) is 2.47. The molecule has 0 fully saturated rings. The molecular formula is C16H16O4S2. The minimum Gasteiger partial charge on any atom is -0.480 e. The number of rotatable bonds is 6. The van der Waals surface area contributed by atoms with Crippen LogP contribution < -0.4 is 0 Å². The van der Waals surface area contributed by atoms with Crippen molar-refractivity contribution < 1.29 is 18.7 Å². The van der Waals surface area contributed by atoms with Crippen LogP contribution in [0.5, 0.6) is 0 Å². The van der Waals surface area contributed by atoms with Gasteiger partial charge >= 0.3 is 5.97 Å². The highest BCUT2D eigenvalue weighted by Crippen LogP contribution is 2.25. The van der Waals surface area contributed by atoms with E-state index in [0.29, 0.717) is 6.42 Å². The van der Waals surface area contributed by atoms with Crippen molar-refractivity contribution in [3.8, 4) is 11.1 Å². The molecule has 116 valence electrons. The molecule has 0 spiro atoms. The summed E-state index contributed by atoms with van der Waals surface area (Å²) >= 11 is 4.43. The van der Waals surface area contributed by atoms with E-state index < -0.39 is 20.0 Å². The molecule has 0 aliphatic heterocycles. The lowest BCUT2D eigenvalue weighted by molar-refractivity contribution is -0.136. The summed E-state index contributed by atoms with van der Waals surface area (Å²) < 4.78 is 20.9. The fourth-order valence-corrected chi connectivity index (χ4v) is 3.53. The Morgan fingerprint density at radius 2 is 1.68 bits per heavy atom. The number of carbonyl (C=O) groups is 1. The molecule has 2 unspecified atom stereocenters. The predicted molar refractivity (Wildman–Crippen MR) is 89.8 cm³/mol. The van der Waals surface area contributed by atoms with E-state index in [4.69, 9.17) is 5.11 Å². The maximum Gasteiger partial charge on any atom is 0.321 e. The van der Waals surface area contributed by atoms with Gasteiger partial charge < -0.3 is 9.66 Å². The Balaban J connectivity index is 2.26. The number of carboxylic acid groups (broad SMARTS) is 1. The van der Waals surface area contributed by atoms with Crippen molar-refractivity contribution in [1.29, 1.82) is 0 Å². The van der Waals surface area contributed by atoms with Gasteiger partial charge in [0.2, 0.25) is 0 Å². The Morgan fingerprint density at radius 3 is 2.27 bits per heavy atom. The highest BCUT2D eigenvalue weighted by atomic mass is 32.8. The number of aryl methyl sites for hydroxylation is 1. The van der Waals surface area contributed by atoms with Gasteiger partial charge in [0.05, 0.1) is 0 Å². The van der Waals surface area contributed by atoms with Crippen LogP contribution in [-0.4, -0.2) is 25.1 Å². The molecule has 0 saturated heterocycles. The molecule has 6 heteroatoms. The van der Waals surface area contributed by atoms with Gasteiger partial charge in [-0.15, -0.1) is 0 Å². The summed E-state index contributed by atoms with van der Waals surface area (Å²) in [5.41, 5.74) is 2.94. The first-order valence-electron chi connectivity index (χ1n) is 6.72. The number of hydrogen-bond donors (Lipinski definition) is 2. The van der Waals surface area contributed by atoms with Crippen LogP contribution in [0.1, 0.15) is 12.0 Å². The summed E-state index contributed by atoms with van der Waals surface area (Å²) in [7, 11) is -3.78. The van der Waals surface area contributed by atoms with Crippen molar-refractivity contribution in [3.05, 3.63) is 60.2 Å². The lowest BCUT2D eigenvalue weighted by Gasteiger charge is -2.13. The van der Waals surface area contributed by atoms with E-state index in [-0.39, 0.29) is 6.42 Å². The minimum absolute atomic E-state index is 0.0258. The van der Waals surface area contributed by atoms with Crippen molar-refractivity contribution in [1.82, 2.24) is 0 Å². The Labute approximate surface area is 134 Å². The molecule has 2 atom stereocenters. The SMILES string of the molecule is O=C(O)C(CCc1ccccc1-c1ccccc1)S(=O)(O)=S. The van der Waals surface area contributed by atoms with Crippen LogP contribution in [0.15, 0.2) is 54.6 Å². The van der Waals surface area contributed by atoms with Crippen molar-refractivity contribution in [2.75, 3.05) is 0 Å². The maximum atomic E-state index is 11.5. The van der Waals surface area contributed by atoms with E-state index in [1.54, 1.807) is 0 Å². The quantitative estimate of drug-likeness (QED) is 0.848. The lowest BCUT2D eigenvalue weighted by atomic mass is 9.96. The first-order valence-corrected chi connectivity index (χ1v) is 9.22. The molecule has 2 aromatic rings. The fraction of sp³-hybridized carbons (Fsp3) is 0.188. The first kappa shape index (κ1) is 16.6. The number of hydrogen-bond acceptors (Lipinski definition) is 3. The summed E-state index contributed by atoms with van der Waals surface area (Å²) in [5, 5.41) is 7.63. The van der Waals surface area contributed by atoms with Crippen LogP contribution in [-0.2, 0) is 31.2 Å². The van der Waals surface area contributed by atoms with Gasteiger partial charge in [0.15, 0.2) is 14.0 Å². The van der Waals surface area contributed by atoms with Gasteiger partial charge in [-0.3, -0.25) is 4.79 Å². The Morgan fingerprint density at radius 1 is 1.09 bits per heavy atom. The second-order valence-corrected chi connectivity index (χ2v) is 7.94. The van der Waals surface area contributed by atoms with Crippen LogP contribution in [0.3, 0.4) is 0 Å². The second kappa shape index (κ2) is 7.00. The van der Waals surface area contributed by atoms with Gasteiger partial charge in [-0.2, -0.15) is 0 Å². The van der Waals surface area contributed by atoms with Gasteiger partial charge in [0.1, 0.15) is 0 Å². The van der Waals surface area contributed by atoms with E-state index in [0.717, 1.165) is 16.7 Å². The zero-order valence-corrected chi connectivity index (χ0v) is 13.3. The van der Waals surface area contributed by atoms with Crippen molar-refractivity contribution >= 4 is 25.9 Å². The standard InChI is InChI=1S/C16H16O4S2/c17-16(18)15(22(19,20)21)11-10-13-8-4-5-9-14(13)12-6-2-1-3-7-12/h1-9,15H,10-11H2,(H,17,18)(H,19,20,21). The summed E-state index contributed by atoms with van der Waals surface area (Å²) in [6.45, 7) is 0. The topological polar surface area (TPSA) is 74.6 Å². The van der Waals surface area contributed by atoms with Gasteiger partial charge in [0, 0.05) is 11.2 Å². The third kappa shape index (κ3) is 4.13. The highest BCUT2D eigenvalue weighted by Gasteiger charge is 2.27. The molecule has 2 aromatic carbocycles. The predicted octanol–water partition coefficient (Wildman–Crippen LogP) is 2.96. The van der Waals surface area contributed by atoms with E-state index in [2.05, 4.69) is 11.2 Å². The summed E-state index contributed by atoms with van der Waals surface area (Å²) in [6, 6.07) is 17.3. The average molecular weight is 336 g/mol. The fourth-order valence-electron chi connectivity index (χ4n) is 2.32. The molecule has 0 bridgehead atoms. The van der Waals surface area contributed by atoms with Gasteiger partial charge in [-0.25, -0.2) is 4.21 Å². The molecule has 0 amide bonds. The summed E-state index contributed by atoms with van der Waals surface area (Å²) in [5.74, 6) is -1.33. The van der Waals surface area contributed by atoms with Gasteiger partial charge in [-0.05, 0) is 29.5 Å². The molecule has 0 aromatic heterocycles. The largest absolute Gasteiger partial charge is 0.480 e. The first-order chi connectivity index (χ1) is 10.4. The molecule has 0 heterocycles. The zero-order valence-electron chi connectivity index (χ0n) is 11.7. The lowest BCUT2D eigenvalue weighted by Crippen LogP contribution is -2.29. The third-order valence-electron chi connectivity index (χ3n) is 3.41. The molecule has 22 heavy (non-hydrogen) atoms. The maximum absolute atomic E-state index is 11.5. The molecule has 0 aliphatic carbocycles. The van der Waals surface area contributed by atoms with Crippen LogP contribution in [0.4, 0.5) is 0 Å².